The van der Waals surface area contributed by atoms with Crippen molar-refractivity contribution in [1.82, 2.24) is 4.90 Å². The first-order valence-corrected chi connectivity index (χ1v) is 2.65. The number of likely N-dealkylation sites (N-methyl/N-ethyl adjacent to an activating group) is 1. The van der Waals surface area contributed by atoms with E-state index in [4.69, 9.17) is 13.7 Å². The fraction of sp³-hybridized carbons (Fsp3) is 0.667. The van der Waals surface area contributed by atoms with Gasteiger partial charge in [0.1, 0.15) is 0 Å². The van der Waals surface area contributed by atoms with Gasteiger partial charge < -0.3 is 4.90 Å². The fourth-order valence-electron chi connectivity index (χ4n) is 0.293. The Morgan fingerprint density at radius 3 is 3.88 bits per heavy atom. The van der Waals surface area contributed by atoms with Gasteiger partial charge in [0.25, 0.3) is 0 Å². The van der Waals surface area contributed by atoms with Crippen LogP contribution in [0.2, 0.25) is 0 Å². The third-order valence-electron chi connectivity index (χ3n) is 0.550. The molecule has 0 unspecified atom stereocenters. The van der Waals surface area contributed by atoms with E-state index in [2.05, 4.69) is 15.9 Å². The second-order valence-electron chi connectivity index (χ2n) is 1.12. The van der Waals surface area contributed by atoms with Crippen molar-refractivity contribution in [3.05, 3.63) is 10.5 Å². The zero-order valence-electron chi connectivity index (χ0n) is 13.8. The van der Waals surface area contributed by atoms with Crippen LogP contribution in [0.25, 0.3) is 0 Å². The highest BCUT2D eigenvalue weighted by molar-refractivity contribution is 9.11. The van der Waals surface area contributed by atoms with Crippen molar-refractivity contribution in [2.24, 2.45) is 0 Å². The van der Waals surface area contributed by atoms with E-state index in [9.17, 15) is 0 Å². The molecule has 1 aliphatic heterocycles. The molecular weight excluding hydrogens is 166 g/mol. The van der Waals surface area contributed by atoms with Crippen LogP contribution in [-0.2, 0) is 0 Å². The van der Waals surface area contributed by atoms with E-state index in [1.165, 1.54) is 0 Å². The molecule has 1 rings (SSSR count). The van der Waals surface area contributed by atoms with E-state index < -0.39 is 36.9 Å². The van der Waals surface area contributed by atoms with Crippen molar-refractivity contribution in [1.29, 1.82) is 0 Å². The quantitative estimate of drug-likeness (QED) is 0.555. The van der Waals surface area contributed by atoms with Gasteiger partial charge in [-0.25, -0.2) is 0 Å². The molecule has 2 heteroatoms. The largest absolute Gasteiger partial charge is 0.301 e. The molecule has 0 amide bonds. The first-order chi connectivity index (χ1) is 7.68. The summed E-state index contributed by atoms with van der Waals surface area (Å²) in [5.41, 5.74) is 0. The molecule has 0 spiro atoms. The molecule has 0 radical (unpaired) electrons. The number of hydrogen-bond donors (Lipinski definition) is 0. The zero-order chi connectivity index (χ0) is 14.7. The second-order valence-corrected chi connectivity index (χ2v) is 1.92. The predicted octanol–water partition coefficient (Wildman–Crippen LogP) is 1.60. The monoisotopic (exact) mass is 185 g/mol. The van der Waals surface area contributed by atoms with Gasteiger partial charge in [0.15, 0.2) is 0 Å². The molecule has 0 aromatic heterocycles. The third kappa shape index (κ3) is 1.60. The van der Waals surface area contributed by atoms with Crippen LogP contribution in [0, 0.1) is 0 Å². The summed E-state index contributed by atoms with van der Waals surface area (Å²) in [7, 11) is 0. The maximum absolute atomic E-state index is 7.61. The Kier molecular flexibility index (Phi) is 0.422. The van der Waals surface area contributed by atoms with Crippen molar-refractivity contribution in [2.75, 3.05) is 20.0 Å². The van der Waals surface area contributed by atoms with Gasteiger partial charge in [0.05, 0.1) is 1.37 Å². The molecule has 1 aliphatic rings. The lowest BCUT2D eigenvalue weighted by Gasteiger charge is -2.19. The van der Waals surface area contributed by atoms with Gasteiger partial charge >= 0.3 is 0 Å². The van der Waals surface area contributed by atoms with Crippen LogP contribution in [0.1, 0.15) is 20.1 Å². The molecule has 0 N–H and O–H groups in total. The second kappa shape index (κ2) is 2.65. The summed E-state index contributed by atoms with van der Waals surface area (Å²) >= 11 is 2.65. The van der Waals surface area contributed by atoms with Crippen molar-refractivity contribution >= 4 is 15.9 Å². The molecule has 0 aromatic rings. The molecule has 46 valence electrons. The van der Waals surface area contributed by atoms with Crippen molar-refractivity contribution in [3.63, 3.8) is 0 Å². The average molecular weight is 186 g/mol. The van der Waals surface area contributed by atoms with E-state index in [0.717, 1.165) is 0 Å². The van der Waals surface area contributed by atoms with Crippen molar-refractivity contribution in [2.45, 2.75) is 6.37 Å². The highest BCUT2D eigenvalue weighted by atomic mass is 79.9. The third-order valence-corrected chi connectivity index (χ3v) is 0.925. The lowest BCUT2D eigenvalue weighted by molar-refractivity contribution is 0.363. The standard InChI is InChI=1S/C6H10BrN/c1-8-4-2-3-6(7)5-8/h3H,2,4-5H2,1H3/i1D3,2D2,3D,4D2,5D2. The Morgan fingerprint density at radius 2 is 3.12 bits per heavy atom. The SMILES string of the molecule is [2H]C1=C(Br)C([2H])([2H])N(C([2H])([2H])[2H])C([2H])([2H])C1([2H])[2H]. The van der Waals surface area contributed by atoms with Crippen LogP contribution in [0.3, 0.4) is 0 Å². The summed E-state index contributed by atoms with van der Waals surface area (Å²) in [5.74, 6) is 0. The summed E-state index contributed by atoms with van der Waals surface area (Å²) in [4.78, 5) is -0.172. The molecule has 0 atom stereocenters. The first-order valence-electron chi connectivity index (χ1n) is 6.86. The topological polar surface area (TPSA) is 3.24 Å². The number of nitrogens with zero attached hydrogens (tertiary/aromatic N) is 1. The van der Waals surface area contributed by atoms with Crippen LogP contribution < -0.4 is 0 Å². The Balaban J connectivity index is 3.64. The Morgan fingerprint density at radius 1 is 2.25 bits per heavy atom. The van der Waals surface area contributed by atoms with Crippen LogP contribution in [0.15, 0.2) is 10.5 Å². The average Bonchev–Trinajstić information content (AvgIpc) is 2.09. The molecule has 0 saturated heterocycles. The van der Waals surface area contributed by atoms with Crippen molar-refractivity contribution in [3.8, 4) is 0 Å². The summed E-state index contributed by atoms with van der Waals surface area (Å²) in [6.45, 7) is -9.21. The van der Waals surface area contributed by atoms with Gasteiger partial charge in [-0.2, -0.15) is 0 Å². The molecule has 1 heterocycles. The van der Waals surface area contributed by atoms with Crippen molar-refractivity contribution < 1.29 is 13.7 Å². The molecule has 0 saturated carbocycles. The highest BCUT2D eigenvalue weighted by Gasteiger charge is 2.03. The minimum Gasteiger partial charge on any atom is -0.301 e. The number of hydrogen-bond acceptors (Lipinski definition) is 1. The zero-order valence-corrected chi connectivity index (χ0v) is 5.41. The summed E-state index contributed by atoms with van der Waals surface area (Å²) < 4.78 is 73.7. The summed E-state index contributed by atoms with van der Waals surface area (Å²) in [6, 6.07) is -0.946. The Labute approximate surface area is 72.5 Å². The van der Waals surface area contributed by atoms with Gasteiger partial charge in [-0.1, -0.05) is 22.0 Å². The fourth-order valence-corrected chi connectivity index (χ4v) is 0.569. The molecule has 8 heavy (non-hydrogen) atoms. The maximum atomic E-state index is 7.61. The lowest BCUT2D eigenvalue weighted by Crippen LogP contribution is -2.23. The lowest BCUT2D eigenvalue weighted by atomic mass is 10.3. The molecule has 0 bridgehead atoms. The van der Waals surface area contributed by atoms with Gasteiger partial charge in [-0.15, -0.1) is 0 Å². The Hall–Kier alpha value is 0.180. The van der Waals surface area contributed by atoms with Gasteiger partial charge in [0.2, 0.25) is 0 Å². The molecular formula is C6H10BrN. The maximum Gasteiger partial charge on any atom is 0.0585 e. The first kappa shape index (κ1) is 1.28. The molecule has 1 nitrogen and oxygen atoms in total. The van der Waals surface area contributed by atoms with E-state index >= 15 is 0 Å². The number of halogens is 1. The van der Waals surface area contributed by atoms with Gasteiger partial charge in [-0.3, -0.25) is 0 Å². The van der Waals surface area contributed by atoms with Gasteiger partial charge in [0, 0.05) is 29.8 Å². The highest BCUT2D eigenvalue weighted by Crippen LogP contribution is 2.12. The molecule has 0 fully saturated rings. The predicted molar refractivity (Wildman–Crippen MR) is 39.1 cm³/mol. The summed E-state index contributed by atoms with van der Waals surface area (Å²) in [5, 5.41) is 0. The summed E-state index contributed by atoms with van der Waals surface area (Å²) in [6.07, 6.45) is -2.95. The van der Waals surface area contributed by atoms with Crippen LogP contribution in [-0.4, -0.2) is 24.9 Å². The minimum atomic E-state index is -3.19. The van der Waals surface area contributed by atoms with E-state index in [1.807, 2.05) is 0 Å². The normalized spacial score (nSPS) is 63.1. The van der Waals surface area contributed by atoms with Crippen LogP contribution in [0.4, 0.5) is 0 Å². The Bertz CT molecular complexity index is 396. The molecule has 0 aliphatic carbocycles. The van der Waals surface area contributed by atoms with E-state index in [0.29, 0.717) is 0 Å². The molecule has 0 aromatic carbocycles. The van der Waals surface area contributed by atoms with Gasteiger partial charge in [-0.05, 0) is 13.3 Å². The minimum absolute atomic E-state index is 0.172. The van der Waals surface area contributed by atoms with Crippen LogP contribution in [0.5, 0.6) is 0 Å². The van der Waals surface area contributed by atoms with E-state index in [-0.39, 0.29) is 4.90 Å². The van der Waals surface area contributed by atoms with E-state index in [1.54, 1.807) is 0 Å². The number of rotatable bonds is 0. The van der Waals surface area contributed by atoms with Crippen LogP contribution >= 0.6 is 15.9 Å². The smallest absolute Gasteiger partial charge is 0.0585 e.